The number of carbonyl (C=O) groups excluding carboxylic acids is 2. The van der Waals surface area contributed by atoms with Crippen molar-refractivity contribution < 1.29 is 45.6 Å². The number of rotatable bonds is 2. The van der Waals surface area contributed by atoms with E-state index >= 15 is 0 Å². The van der Waals surface area contributed by atoms with E-state index in [4.69, 9.17) is 18.1 Å². The molecule has 110 valence electrons. The van der Waals surface area contributed by atoms with Crippen LogP contribution in [-0.4, -0.2) is 41.4 Å². The number of carboxylic acid groups (broad SMARTS) is 1. The highest BCUT2D eigenvalue weighted by molar-refractivity contribution is 7.86. The van der Waals surface area contributed by atoms with Crippen molar-refractivity contribution in [3.05, 3.63) is 0 Å². The third kappa shape index (κ3) is 6.15. The standard InChI is InChI=1S/C6H7NO4.CHF3O3S/c8-4-1-3(2-5(9)10)6(11)7-4;2-1(3,4)8(5,6)7/h3H,1-2H2,(H,9,10)(H,7,8,11);(H,5,6,7). The Morgan fingerprint density at radius 1 is 1.37 bits per heavy atom. The molecule has 0 bridgehead atoms. The summed E-state index contributed by atoms with van der Waals surface area (Å²) in [7, 11) is -5.84. The number of hydrogen-bond acceptors (Lipinski definition) is 5. The van der Waals surface area contributed by atoms with Gasteiger partial charge in [-0.2, -0.15) is 21.6 Å². The molecule has 0 saturated carbocycles. The molecule has 19 heavy (non-hydrogen) atoms. The Labute approximate surface area is 104 Å². The Bertz CT molecular complexity index is 483. The zero-order chi connectivity index (χ0) is 15.4. The molecule has 3 N–H and O–H groups in total. The van der Waals surface area contributed by atoms with Crippen LogP contribution < -0.4 is 5.32 Å². The van der Waals surface area contributed by atoms with Crippen LogP contribution in [0.2, 0.25) is 0 Å². The number of nitrogens with one attached hydrogen (secondary N) is 1. The SMILES string of the molecule is O=C(O)CC1CC(=O)NC1=O.O=S(=O)(O)C(F)(F)F. The normalized spacial score (nSPS) is 19.5. The minimum atomic E-state index is -5.84. The highest BCUT2D eigenvalue weighted by Gasteiger charge is 2.44. The topological polar surface area (TPSA) is 138 Å². The third-order valence-electron chi connectivity index (χ3n) is 1.78. The number of imide groups is 1. The van der Waals surface area contributed by atoms with E-state index < -0.39 is 33.4 Å². The van der Waals surface area contributed by atoms with Crippen LogP contribution in [0.3, 0.4) is 0 Å². The van der Waals surface area contributed by atoms with E-state index in [0.717, 1.165) is 0 Å². The molecular weight excluding hydrogens is 299 g/mol. The first-order chi connectivity index (χ1) is 8.34. The number of carboxylic acids is 1. The van der Waals surface area contributed by atoms with Gasteiger partial charge in [0.1, 0.15) is 0 Å². The van der Waals surface area contributed by atoms with Gasteiger partial charge in [0.15, 0.2) is 0 Å². The largest absolute Gasteiger partial charge is 0.522 e. The Morgan fingerprint density at radius 2 is 1.79 bits per heavy atom. The molecule has 12 heteroatoms. The van der Waals surface area contributed by atoms with Crippen molar-refractivity contribution in [2.45, 2.75) is 18.3 Å². The van der Waals surface area contributed by atoms with Crippen LogP contribution in [0.25, 0.3) is 0 Å². The van der Waals surface area contributed by atoms with E-state index in [1.54, 1.807) is 0 Å². The molecule has 1 fully saturated rings. The minimum Gasteiger partial charge on any atom is -0.481 e. The van der Waals surface area contributed by atoms with Crippen LogP contribution in [0.1, 0.15) is 12.8 Å². The number of aliphatic carboxylic acids is 1. The fourth-order valence-corrected chi connectivity index (χ4v) is 0.983. The van der Waals surface area contributed by atoms with Crippen LogP contribution in [0.15, 0.2) is 0 Å². The van der Waals surface area contributed by atoms with Crippen molar-refractivity contribution >= 4 is 27.9 Å². The van der Waals surface area contributed by atoms with Gasteiger partial charge in [-0.05, 0) is 0 Å². The smallest absolute Gasteiger partial charge is 0.481 e. The molecule has 1 unspecified atom stereocenters. The summed E-state index contributed by atoms with van der Waals surface area (Å²) < 4.78 is 57.5. The second-order valence-corrected chi connectivity index (χ2v) is 4.75. The van der Waals surface area contributed by atoms with Gasteiger partial charge in [0.05, 0.1) is 12.3 Å². The fraction of sp³-hybridized carbons (Fsp3) is 0.571. The lowest BCUT2D eigenvalue weighted by Gasteiger charge is -1.98. The minimum absolute atomic E-state index is 0.00509. The zero-order valence-corrected chi connectivity index (χ0v) is 9.79. The van der Waals surface area contributed by atoms with E-state index in [-0.39, 0.29) is 18.7 Å². The summed E-state index contributed by atoms with van der Waals surface area (Å²) in [5.41, 5.74) is -5.53. The van der Waals surface area contributed by atoms with Gasteiger partial charge in [-0.1, -0.05) is 0 Å². The Balaban J connectivity index is 0.000000362. The van der Waals surface area contributed by atoms with Crippen molar-refractivity contribution in [2.75, 3.05) is 0 Å². The number of hydrogen-bond donors (Lipinski definition) is 3. The van der Waals surface area contributed by atoms with Crippen molar-refractivity contribution in [3.8, 4) is 0 Å². The first kappa shape index (κ1) is 17.3. The summed E-state index contributed by atoms with van der Waals surface area (Å²) in [5, 5.41) is 10.3. The predicted octanol–water partition coefficient (Wildman–Crippen LogP) is -0.482. The van der Waals surface area contributed by atoms with Gasteiger partial charge in [-0.3, -0.25) is 24.3 Å². The van der Waals surface area contributed by atoms with E-state index in [1.165, 1.54) is 0 Å². The Hall–Kier alpha value is -1.69. The van der Waals surface area contributed by atoms with Crippen LogP contribution >= 0.6 is 0 Å². The first-order valence-electron chi connectivity index (χ1n) is 4.44. The van der Waals surface area contributed by atoms with Crippen molar-refractivity contribution in [1.82, 2.24) is 5.32 Å². The van der Waals surface area contributed by atoms with Gasteiger partial charge in [0.25, 0.3) is 0 Å². The summed E-state index contributed by atoms with van der Waals surface area (Å²) >= 11 is 0. The Kier molecular flexibility index (Phi) is 5.44. The molecule has 1 atom stereocenters. The molecule has 0 aromatic rings. The van der Waals surface area contributed by atoms with Gasteiger partial charge in [0, 0.05) is 6.42 Å². The molecule has 1 heterocycles. The lowest BCUT2D eigenvalue weighted by molar-refractivity contribution is -0.140. The molecule has 1 saturated heterocycles. The van der Waals surface area contributed by atoms with Crippen LogP contribution in [-0.2, 0) is 24.5 Å². The van der Waals surface area contributed by atoms with E-state index in [1.807, 2.05) is 5.32 Å². The maximum absolute atomic E-state index is 10.7. The average Bonchev–Trinajstić information content (AvgIpc) is 2.41. The van der Waals surface area contributed by atoms with Crippen molar-refractivity contribution in [1.29, 1.82) is 0 Å². The first-order valence-corrected chi connectivity index (χ1v) is 5.88. The molecule has 1 aliphatic heterocycles. The van der Waals surface area contributed by atoms with Gasteiger partial charge in [0.2, 0.25) is 11.8 Å². The highest BCUT2D eigenvalue weighted by atomic mass is 32.2. The molecule has 1 rings (SSSR count). The molecule has 8 nitrogen and oxygen atoms in total. The molecule has 2 amide bonds. The van der Waals surface area contributed by atoms with Gasteiger partial charge in [-0.25, -0.2) is 0 Å². The molecular formula is C7H8F3NO7S. The van der Waals surface area contributed by atoms with Crippen LogP contribution in [0.4, 0.5) is 13.2 Å². The zero-order valence-electron chi connectivity index (χ0n) is 8.97. The van der Waals surface area contributed by atoms with Crippen molar-refractivity contribution in [2.24, 2.45) is 5.92 Å². The monoisotopic (exact) mass is 307 g/mol. The molecule has 0 radical (unpaired) electrons. The molecule has 0 aromatic carbocycles. The van der Waals surface area contributed by atoms with Gasteiger partial charge < -0.3 is 5.11 Å². The molecule has 1 aliphatic rings. The van der Waals surface area contributed by atoms with Crippen LogP contribution in [0.5, 0.6) is 0 Å². The van der Waals surface area contributed by atoms with E-state index in [9.17, 15) is 27.6 Å². The quantitative estimate of drug-likeness (QED) is 0.356. The summed E-state index contributed by atoms with van der Waals surface area (Å²) in [6.07, 6.45) is -0.261. The second kappa shape index (κ2) is 5.97. The number of alkyl halides is 3. The summed E-state index contributed by atoms with van der Waals surface area (Å²) in [5.74, 6) is -2.58. The summed E-state index contributed by atoms with van der Waals surface area (Å²) in [6.45, 7) is 0. The highest BCUT2D eigenvalue weighted by Crippen LogP contribution is 2.20. The Morgan fingerprint density at radius 3 is 2.00 bits per heavy atom. The van der Waals surface area contributed by atoms with Crippen molar-refractivity contribution in [3.63, 3.8) is 0 Å². The number of halogens is 3. The van der Waals surface area contributed by atoms with E-state index in [0.29, 0.717) is 0 Å². The maximum atomic E-state index is 10.7. The fourth-order valence-electron chi connectivity index (χ4n) is 0.983. The predicted molar refractivity (Wildman–Crippen MR) is 51.1 cm³/mol. The van der Waals surface area contributed by atoms with Gasteiger partial charge >= 0.3 is 21.6 Å². The summed E-state index contributed by atoms with van der Waals surface area (Å²) in [4.78, 5) is 31.4. The summed E-state index contributed by atoms with van der Waals surface area (Å²) in [6, 6.07) is 0. The lowest BCUT2D eigenvalue weighted by atomic mass is 10.0. The lowest BCUT2D eigenvalue weighted by Crippen LogP contribution is -2.23. The van der Waals surface area contributed by atoms with E-state index in [2.05, 4.69) is 0 Å². The molecule has 0 aliphatic carbocycles. The second-order valence-electron chi connectivity index (χ2n) is 3.33. The van der Waals surface area contributed by atoms with Gasteiger partial charge in [-0.15, -0.1) is 0 Å². The molecule has 0 aromatic heterocycles. The number of amides is 2. The van der Waals surface area contributed by atoms with Crippen LogP contribution in [0, 0.1) is 5.92 Å². The number of carbonyl (C=O) groups is 3. The molecule has 0 spiro atoms. The third-order valence-corrected chi connectivity index (χ3v) is 2.36. The maximum Gasteiger partial charge on any atom is 0.522 e. The average molecular weight is 307 g/mol.